The molecule has 1 atom stereocenters. The molecule has 1 unspecified atom stereocenters. The highest BCUT2D eigenvalue weighted by atomic mass is 16.5. The van der Waals surface area contributed by atoms with Gasteiger partial charge in [0.25, 0.3) is 0 Å². The Morgan fingerprint density at radius 2 is 2.00 bits per heavy atom. The van der Waals surface area contributed by atoms with Crippen molar-refractivity contribution < 1.29 is 4.74 Å². The molecule has 0 amide bonds. The largest absolute Gasteiger partial charge is 0.386 e. The highest BCUT2D eigenvalue weighted by Gasteiger charge is 2.23. The van der Waals surface area contributed by atoms with Crippen molar-refractivity contribution in [2.45, 2.75) is 58.4 Å². The molecular formula is C13H26B2N2O. The third-order valence-corrected chi connectivity index (χ3v) is 2.89. The van der Waals surface area contributed by atoms with Crippen molar-refractivity contribution in [1.82, 2.24) is 9.78 Å². The molecule has 0 N–H and O–H groups in total. The molecule has 0 saturated carbocycles. The summed E-state index contributed by atoms with van der Waals surface area (Å²) in [7, 11) is 4.28. The van der Waals surface area contributed by atoms with Gasteiger partial charge in [0, 0.05) is 12.2 Å². The SMILES string of the molecule is BC(C)OCCn1cc(C(C)C)c(C(B)(C)C)n1. The van der Waals surface area contributed by atoms with E-state index in [1.54, 1.807) is 0 Å². The summed E-state index contributed by atoms with van der Waals surface area (Å²) >= 11 is 0. The highest BCUT2D eigenvalue weighted by Crippen LogP contribution is 2.27. The van der Waals surface area contributed by atoms with Crippen LogP contribution in [-0.4, -0.2) is 38.1 Å². The molecule has 0 bridgehead atoms. The summed E-state index contributed by atoms with van der Waals surface area (Å²) in [4.78, 5) is 0. The van der Waals surface area contributed by atoms with Crippen LogP contribution in [0.1, 0.15) is 51.8 Å². The second-order valence-electron chi connectivity index (χ2n) is 6.52. The molecule has 100 valence electrons. The molecule has 1 aromatic heterocycles. The summed E-state index contributed by atoms with van der Waals surface area (Å²) in [5, 5.41) is 4.84. The summed E-state index contributed by atoms with van der Waals surface area (Å²) in [6.07, 6.45) is 2.18. The molecule has 18 heavy (non-hydrogen) atoms. The summed E-state index contributed by atoms with van der Waals surface area (Å²) in [5.41, 5.74) is 2.56. The van der Waals surface area contributed by atoms with Crippen molar-refractivity contribution in [2.24, 2.45) is 0 Å². The third-order valence-electron chi connectivity index (χ3n) is 2.89. The lowest BCUT2D eigenvalue weighted by molar-refractivity contribution is 0.109. The molecule has 1 heterocycles. The Labute approximate surface area is 113 Å². The van der Waals surface area contributed by atoms with Crippen molar-refractivity contribution in [2.75, 3.05) is 6.61 Å². The van der Waals surface area contributed by atoms with E-state index in [4.69, 9.17) is 9.84 Å². The molecule has 0 saturated heterocycles. The zero-order chi connectivity index (χ0) is 13.9. The van der Waals surface area contributed by atoms with E-state index in [0.29, 0.717) is 5.92 Å². The van der Waals surface area contributed by atoms with Gasteiger partial charge in [-0.05, 0) is 23.7 Å². The van der Waals surface area contributed by atoms with Crippen molar-refractivity contribution in [3.8, 4) is 0 Å². The number of ether oxygens (including phenoxy) is 1. The molecule has 0 aromatic carbocycles. The summed E-state index contributed by atoms with van der Waals surface area (Å²) < 4.78 is 7.61. The Hall–Kier alpha value is -0.700. The lowest BCUT2D eigenvalue weighted by Crippen LogP contribution is -2.20. The average molecular weight is 248 g/mol. The molecule has 0 spiro atoms. The lowest BCUT2D eigenvalue weighted by Gasteiger charge is -2.18. The Kier molecular flexibility index (Phi) is 5.09. The van der Waals surface area contributed by atoms with Crippen LogP contribution >= 0.6 is 0 Å². The van der Waals surface area contributed by atoms with E-state index in [1.165, 1.54) is 11.3 Å². The maximum absolute atomic E-state index is 5.58. The van der Waals surface area contributed by atoms with Crippen LogP contribution in [0, 0.1) is 0 Å². The van der Waals surface area contributed by atoms with Crippen molar-refractivity contribution in [3.63, 3.8) is 0 Å². The number of hydrogen-bond donors (Lipinski definition) is 0. The van der Waals surface area contributed by atoms with E-state index >= 15 is 0 Å². The van der Waals surface area contributed by atoms with Crippen LogP contribution in [0.5, 0.6) is 0 Å². The van der Waals surface area contributed by atoms with Crippen LogP contribution in [-0.2, 0) is 16.6 Å². The fourth-order valence-electron chi connectivity index (χ4n) is 1.94. The lowest BCUT2D eigenvalue weighted by atomic mass is 9.68. The maximum Gasteiger partial charge on any atom is 0.138 e. The van der Waals surface area contributed by atoms with Crippen LogP contribution in [0.4, 0.5) is 0 Å². The van der Waals surface area contributed by atoms with E-state index in [1.807, 2.05) is 4.68 Å². The summed E-state index contributed by atoms with van der Waals surface area (Å²) in [6.45, 7) is 12.5. The highest BCUT2D eigenvalue weighted by molar-refractivity contribution is 6.15. The van der Waals surface area contributed by atoms with Crippen LogP contribution in [0.2, 0.25) is 0 Å². The second-order valence-corrected chi connectivity index (χ2v) is 6.52. The van der Waals surface area contributed by atoms with Gasteiger partial charge in [-0.3, -0.25) is 4.68 Å². The van der Waals surface area contributed by atoms with Gasteiger partial charge in [0.05, 0.1) is 18.8 Å². The predicted molar refractivity (Wildman–Crippen MR) is 81.8 cm³/mol. The molecule has 0 aliphatic carbocycles. The van der Waals surface area contributed by atoms with Gasteiger partial charge in [0.15, 0.2) is 0 Å². The van der Waals surface area contributed by atoms with E-state index in [2.05, 4.69) is 56.5 Å². The van der Waals surface area contributed by atoms with E-state index < -0.39 is 0 Å². The first-order valence-corrected chi connectivity index (χ1v) is 6.91. The number of aromatic nitrogens is 2. The molecule has 0 aliphatic heterocycles. The summed E-state index contributed by atoms with van der Waals surface area (Å²) in [5.74, 6) is 0.513. The van der Waals surface area contributed by atoms with Gasteiger partial charge in [-0.2, -0.15) is 5.10 Å². The minimum absolute atomic E-state index is 0.101. The molecule has 3 nitrogen and oxygen atoms in total. The minimum atomic E-state index is 0.101. The van der Waals surface area contributed by atoms with Gasteiger partial charge in [-0.15, -0.1) is 0 Å². The van der Waals surface area contributed by atoms with Crippen LogP contribution in [0.15, 0.2) is 6.20 Å². The minimum Gasteiger partial charge on any atom is -0.386 e. The zero-order valence-corrected chi connectivity index (χ0v) is 12.9. The van der Waals surface area contributed by atoms with Gasteiger partial charge >= 0.3 is 0 Å². The number of hydrogen-bond acceptors (Lipinski definition) is 2. The first-order valence-electron chi connectivity index (χ1n) is 6.91. The molecule has 1 rings (SSSR count). The topological polar surface area (TPSA) is 27.1 Å². The van der Waals surface area contributed by atoms with Gasteiger partial charge < -0.3 is 4.74 Å². The standard InChI is InChI=1S/C13H26B2N2O/c1-9(2)11-8-17(6-7-18-10(3)14)16-12(11)13(4,5)15/h8-10H,6-7,14-15H2,1-5H3. The van der Waals surface area contributed by atoms with Gasteiger partial charge in [-0.1, -0.05) is 27.7 Å². The van der Waals surface area contributed by atoms with E-state index in [9.17, 15) is 0 Å². The van der Waals surface area contributed by atoms with Crippen molar-refractivity contribution >= 4 is 15.7 Å². The Morgan fingerprint density at radius 3 is 2.39 bits per heavy atom. The Bertz CT molecular complexity index is 381. The number of nitrogens with zero attached hydrogens (tertiary/aromatic N) is 2. The van der Waals surface area contributed by atoms with Crippen LogP contribution < -0.4 is 0 Å². The predicted octanol–water partition coefficient (Wildman–Crippen LogP) is 0.870. The van der Waals surface area contributed by atoms with Crippen LogP contribution in [0.25, 0.3) is 0 Å². The van der Waals surface area contributed by atoms with Crippen LogP contribution in [0.3, 0.4) is 0 Å². The molecule has 0 radical (unpaired) electrons. The first-order chi connectivity index (χ1) is 8.21. The van der Waals surface area contributed by atoms with Gasteiger partial charge in [0.1, 0.15) is 15.7 Å². The van der Waals surface area contributed by atoms with E-state index in [0.717, 1.165) is 13.2 Å². The van der Waals surface area contributed by atoms with Crippen molar-refractivity contribution in [1.29, 1.82) is 0 Å². The van der Waals surface area contributed by atoms with Crippen molar-refractivity contribution in [3.05, 3.63) is 17.5 Å². The summed E-state index contributed by atoms with van der Waals surface area (Å²) in [6, 6.07) is 0.284. The van der Waals surface area contributed by atoms with Gasteiger partial charge in [0.2, 0.25) is 0 Å². The smallest absolute Gasteiger partial charge is 0.138 e. The molecule has 0 aliphatic rings. The molecule has 1 aromatic rings. The average Bonchev–Trinajstić information content (AvgIpc) is 2.60. The molecular weight excluding hydrogens is 222 g/mol. The number of rotatable bonds is 6. The second kappa shape index (κ2) is 5.96. The molecule has 0 fully saturated rings. The zero-order valence-electron chi connectivity index (χ0n) is 12.9. The monoisotopic (exact) mass is 248 g/mol. The third kappa shape index (κ3) is 4.20. The maximum atomic E-state index is 5.58. The normalized spacial score (nSPS) is 14.1. The van der Waals surface area contributed by atoms with E-state index in [-0.39, 0.29) is 11.3 Å². The Balaban J connectivity index is 2.83. The fourth-order valence-corrected chi connectivity index (χ4v) is 1.94. The quantitative estimate of drug-likeness (QED) is 0.698. The van der Waals surface area contributed by atoms with Gasteiger partial charge in [-0.25, -0.2) is 0 Å². The molecule has 5 heteroatoms. The Morgan fingerprint density at radius 1 is 1.39 bits per heavy atom. The fraction of sp³-hybridized carbons (Fsp3) is 0.769. The first kappa shape index (κ1) is 15.4.